The van der Waals surface area contributed by atoms with E-state index in [0.29, 0.717) is 6.54 Å². The van der Waals surface area contributed by atoms with E-state index in [1.54, 1.807) is 0 Å². The van der Waals surface area contributed by atoms with Crippen molar-refractivity contribution in [3.8, 4) is 0 Å². The number of hydrogen-bond acceptors (Lipinski definition) is 3. The van der Waals surface area contributed by atoms with Crippen LogP contribution in [0.3, 0.4) is 0 Å². The molecule has 0 atom stereocenters. The van der Waals surface area contributed by atoms with Crippen molar-refractivity contribution in [1.82, 2.24) is 24.7 Å². The van der Waals surface area contributed by atoms with Crippen LogP contribution in [0.1, 0.15) is 19.2 Å². The van der Waals surface area contributed by atoms with Crippen molar-refractivity contribution in [2.45, 2.75) is 26.8 Å². The predicted molar refractivity (Wildman–Crippen MR) is 96.2 cm³/mol. The molecule has 1 fully saturated rings. The molecule has 1 N–H and O–H groups in total. The highest BCUT2D eigenvalue weighted by atomic mass is 16.2. The Kier molecular flexibility index (Phi) is 5.35. The number of hydrogen-bond donors (Lipinski definition) is 1. The maximum Gasteiger partial charge on any atom is 0.317 e. The number of rotatable bonds is 5. The molecular formula is C18H27N5O. The molecule has 6 nitrogen and oxygen atoms in total. The third-order valence-corrected chi connectivity index (χ3v) is 4.79. The molecule has 0 aliphatic carbocycles. The number of piperazine rings is 1. The fourth-order valence-electron chi connectivity index (χ4n) is 3.29. The Morgan fingerprint density at radius 2 is 1.96 bits per heavy atom. The molecule has 1 aromatic heterocycles. The first-order chi connectivity index (χ1) is 11.7. The molecule has 0 saturated carbocycles. The maximum atomic E-state index is 12.2. The first-order valence-corrected chi connectivity index (χ1v) is 8.86. The van der Waals surface area contributed by atoms with Gasteiger partial charge in [0.05, 0.1) is 11.0 Å². The van der Waals surface area contributed by atoms with Crippen molar-refractivity contribution < 1.29 is 4.79 Å². The smallest absolute Gasteiger partial charge is 0.317 e. The van der Waals surface area contributed by atoms with Crippen molar-refractivity contribution in [2.75, 3.05) is 39.3 Å². The van der Waals surface area contributed by atoms with Crippen molar-refractivity contribution >= 4 is 17.1 Å². The number of imidazole rings is 1. The Morgan fingerprint density at radius 3 is 2.71 bits per heavy atom. The average Bonchev–Trinajstić information content (AvgIpc) is 2.94. The number of para-hydroxylation sites is 2. The standard InChI is InChI=1S/C18H27N5O/c1-3-21-11-13-22(14-12-21)18(24)19-9-6-10-23-15(2)20-16-7-4-5-8-17(16)23/h4-5,7-8H,3,6,9-14H2,1-2H3,(H,19,24). The first-order valence-electron chi connectivity index (χ1n) is 8.86. The van der Waals surface area contributed by atoms with Crippen LogP contribution < -0.4 is 5.32 Å². The van der Waals surface area contributed by atoms with E-state index in [9.17, 15) is 4.79 Å². The minimum Gasteiger partial charge on any atom is -0.338 e. The summed E-state index contributed by atoms with van der Waals surface area (Å²) < 4.78 is 2.22. The summed E-state index contributed by atoms with van der Waals surface area (Å²) in [6, 6.07) is 8.26. The molecule has 1 aliphatic rings. The van der Waals surface area contributed by atoms with E-state index in [4.69, 9.17) is 0 Å². The van der Waals surface area contributed by atoms with Crippen LogP contribution in [-0.2, 0) is 6.54 Å². The van der Waals surface area contributed by atoms with E-state index in [1.165, 1.54) is 0 Å². The average molecular weight is 329 g/mol. The summed E-state index contributed by atoms with van der Waals surface area (Å²) in [5, 5.41) is 3.05. The number of aromatic nitrogens is 2. The number of fused-ring (bicyclic) bond motifs is 1. The lowest BCUT2D eigenvalue weighted by molar-refractivity contribution is 0.143. The normalized spacial score (nSPS) is 15.8. The zero-order chi connectivity index (χ0) is 16.9. The number of urea groups is 1. The second-order valence-corrected chi connectivity index (χ2v) is 6.31. The number of carbonyl (C=O) groups excluding carboxylic acids is 1. The van der Waals surface area contributed by atoms with E-state index >= 15 is 0 Å². The largest absolute Gasteiger partial charge is 0.338 e. The molecule has 1 aromatic carbocycles. The molecule has 0 bridgehead atoms. The fraction of sp³-hybridized carbons (Fsp3) is 0.556. The topological polar surface area (TPSA) is 53.4 Å². The number of aryl methyl sites for hydroxylation is 2. The molecular weight excluding hydrogens is 302 g/mol. The molecule has 2 heterocycles. The predicted octanol–water partition coefficient (Wildman–Crippen LogP) is 2.08. The summed E-state index contributed by atoms with van der Waals surface area (Å²) in [5.74, 6) is 1.03. The molecule has 2 aromatic rings. The fourth-order valence-corrected chi connectivity index (χ4v) is 3.29. The van der Waals surface area contributed by atoms with Gasteiger partial charge in [0.25, 0.3) is 0 Å². The third kappa shape index (κ3) is 3.70. The van der Waals surface area contributed by atoms with Crippen LogP contribution in [0.15, 0.2) is 24.3 Å². The zero-order valence-electron chi connectivity index (χ0n) is 14.7. The molecule has 130 valence electrons. The van der Waals surface area contributed by atoms with E-state index in [1.807, 2.05) is 30.0 Å². The highest BCUT2D eigenvalue weighted by Gasteiger charge is 2.19. The molecule has 24 heavy (non-hydrogen) atoms. The summed E-state index contributed by atoms with van der Waals surface area (Å²) in [7, 11) is 0. The van der Waals surface area contributed by atoms with Gasteiger partial charge >= 0.3 is 6.03 Å². The molecule has 1 saturated heterocycles. The van der Waals surface area contributed by atoms with Gasteiger partial charge < -0.3 is 19.7 Å². The molecule has 3 rings (SSSR count). The van der Waals surface area contributed by atoms with Gasteiger partial charge in [0.2, 0.25) is 0 Å². The number of nitrogens with one attached hydrogen (secondary N) is 1. The summed E-state index contributed by atoms with van der Waals surface area (Å²) in [6.45, 7) is 10.4. The van der Waals surface area contributed by atoms with Crippen molar-refractivity contribution in [1.29, 1.82) is 0 Å². The van der Waals surface area contributed by atoms with Gasteiger partial charge in [-0.1, -0.05) is 19.1 Å². The minimum absolute atomic E-state index is 0.0676. The van der Waals surface area contributed by atoms with Crippen molar-refractivity contribution in [3.63, 3.8) is 0 Å². The lowest BCUT2D eigenvalue weighted by Crippen LogP contribution is -2.51. The Hall–Kier alpha value is -2.08. The van der Waals surface area contributed by atoms with Crippen LogP contribution in [0.4, 0.5) is 4.79 Å². The van der Waals surface area contributed by atoms with Crippen LogP contribution in [0.25, 0.3) is 11.0 Å². The summed E-state index contributed by atoms with van der Waals surface area (Å²) in [6.07, 6.45) is 0.905. The lowest BCUT2D eigenvalue weighted by atomic mass is 10.3. The first kappa shape index (κ1) is 16.8. The van der Waals surface area contributed by atoms with E-state index in [0.717, 1.165) is 62.5 Å². The number of likely N-dealkylation sites (N-methyl/N-ethyl adjacent to an activating group) is 1. The van der Waals surface area contributed by atoms with Gasteiger partial charge in [0.1, 0.15) is 5.82 Å². The van der Waals surface area contributed by atoms with Crippen molar-refractivity contribution in [3.05, 3.63) is 30.1 Å². The number of nitrogens with zero attached hydrogens (tertiary/aromatic N) is 4. The second-order valence-electron chi connectivity index (χ2n) is 6.31. The van der Waals surface area contributed by atoms with Crippen LogP contribution in [0.2, 0.25) is 0 Å². The van der Waals surface area contributed by atoms with E-state index in [-0.39, 0.29) is 6.03 Å². The van der Waals surface area contributed by atoms with E-state index in [2.05, 4.69) is 32.8 Å². The van der Waals surface area contributed by atoms with Gasteiger partial charge in [0.15, 0.2) is 0 Å². The van der Waals surface area contributed by atoms with Crippen LogP contribution in [0.5, 0.6) is 0 Å². The van der Waals surface area contributed by atoms with Crippen molar-refractivity contribution in [2.24, 2.45) is 0 Å². The molecule has 0 unspecified atom stereocenters. The van der Waals surface area contributed by atoms with Gasteiger partial charge in [-0.15, -0.1) is 0 Å². The molecule has 0 spiro atoms. The zero-order valence-corrected chi connectivity index (χ0v) is 14.7. The summed E-state index contributed by atoms with van der Waals surface area (Å²) in [4.78, 5) is 21.1. The van der Waals surface area contributed by atoms with Crippen LogP contribution >= 0.6 is 0 Å². The Balaban J connectivity index is 1.45. The molecule has 2 amide bonds. The number of carbonyl (C=O) groups is 1. The minimum atomic E-state index is 0.0676. The van der Waals surface area contributed by atoms with Crippen LogP contribution in [-0.4, -0.2) is 64.7 Å². The SMILES string of the molecule is CCN1CCN(C(=O)NCCCn2c(C)nc3ccccc32)CC1. The van der Waals surface area contributed by atoms with Gasteiger partial charge in [-0.2, -0.15) is 0 Å². The molecule has 1 aliphatic heterocycles. The van der Waals surface area contributed by atoms with Gasteiger partial charge in [0, 0.05) is 39.3 Å². The molecule has 6 heteroatoms. The van der Waals surface area contributed by atoms with Crippen LogP contribution in [0, 0.1) is 6.92 Å². The summed E-state index contributed by atoms with van der Waals surface area (Å²) >= 11 is 0. The van der Waals surface area contributed by atoms with Gasteiger partial charge in [-0.3, -0.25) is 0 Å². The molecule has 0 radical (unpaired) electrons. The maximum absolute atomic E-state index is 12.2. The highest BCUT2D eigenvalue weighted by Crippen LogP contribution is 2.15. The second kappa shape index (κ2) is 7.66. The van der Waals surface area contributed by atoms with Gasteiger partial charge in [-0.05, 0) is 32.0 Å². The Labute approximate surface area is 143 Å². The Bertz CT molecular complexity index is 688. The lowest BCUT2D eigenvalue weighted by Gasteiger charge is -2.34. The highest BCUT2D eigenvalue weighted by molar-refractivity contribution is 5.76. The number of benzene rings is 1. The monoisotopic (exact) mass is 329 g/mol. The quantitative estimate of drug-likeness (QED) is 0.855. The van der Waals surface area contributed by atoms with Gasteiger partial charge in [-0.25, -0.2) is 9.78 Å². The van der Waals surface area contributed by atoms with E-state index < -0.39 is 0 Å². The number of amides is 2. The summed E-state index contributed by atoms with van der Waals surface area (Å²) in [5.41, 5.74) is 2.20. The Morgan fingerprint density at radius 1 is 1.21 bits per heavy atom. The third-order valence-electron chi connectivity index (χ3n) is 4.79.